The van der Waals surface area contributed by atoms with Gasteiger partial charge in [0.1, 0.15) is 24.3 Å². The Labute approximate surface area is 118 Å². The highest BCUT2D eigenvalue weighted by molar-refractivity contribution is 9.10. The van der Waals surface area contributed by atoms with Crippen LogP contribution in [0.3, 0.4) is 0 Å². The van der Waals surface area contributed by atoms with Gasteiger partial charge in [0, 0.05) is 26.3 Å². The molecule has 1 N–H and O–H groups in total. The number of rotatable bonds is 3. The number of hydrogen-bond acceptors (Lipinski definition) is 6. The van der Waals surface area contributed by atoms with Gasteiger partial charge in [-0.2, -0.15) is 5.10 Å². The van der Waals surface area contributed by atoms with Crippen molar-refractivity contribution >= 4 is 21.7 Å². The van der Waals surface area contributed by atoms with Crippen LogP contribution in [0.1, 0.15) is 18.3 Å². The summed E-state index contributed by atoms with van der Waals surface area (Å²) in [6.45, 7) is 0.761. The largest absolute Gasteiger partial charge is 0.380 e. The van der Waals surface area contributed by atoms with Crippen LogP contribution in [-0.2, 0) is 4.74 Å². The SMILES string of the molecule is CO[C@@H]1C[C@@H](c2ncn[nH]2)N(c2ncncc2Br)C1. The van der Waals surface area contributed by atoms with E-state index in [-0.39, 0.29) is 12.1 Å². The van der Waals surface area contributed by atoms with Gasteiger partial charge in [0.2, 0.25) is 0 Å². The highest BCUT2D eigenvalue weighted by atomic mass is 79.9. The van der Waals surface area contributed by atoms with E-state index in [9.17, 15) is 0 Å². The molecule has 3 rings (SSSR count). The van der Waals surface area contributed by atoms with Crippen LogP contribution in [0, 0.1) is 0 Å². The van der Waals surface area contributed by atoms with E-state index >= 15 is 0 Å². The molecule has 3 heterocycles. The van der Waals surface area contributed by atoms with Crippen molar-refractivity contribution in [3.05, 3.63) is 29.1 Å². The van der Waals surface area contributed by atoms with Gasteiger partial charge in [-0.15, -0.1) is 0 Å². The molecule has 0 aromatic carbocycles. The summed E-state index contributed by atoms with van der Waals surface area (Å²) in [5.74, 6) is 1.67. The fourth-order valence-electron chi connectivity index (χ4n) is 2.35. The number of nitrogens with one attached hydrogen (secondary N) is 1. The molecule has 7 nitrogen and oxygen atoms in total. The van der Waals surface area contributed by atoms with Gasteiger partial charge in [0.15, 0.2) is 0 Å². The maximum absolute atomic E-state index is 5.47. The molecule has 1 aliphatic rings. The maximum Gasteiger partial charge on any atom is 0.147 e. The van der Waals surface area contributed by atoms with Crippen LogP contribution in [0.2, 0.25) is 0 Å². The summed E-state index contributed by atoms with van der Waals surface area (Å²) < 4.78 is 6.33. The lowest BCUT2D eigenvalue weighted by Gasteiger charge is -2.24. The second-order valence-electron chi connectivity index (χ2n) is 4.33. The standard InChI is InChI=1S/C11H13BrN6O/c1-19-7-2-9(10-14-6-16-17-10)18(4-7)11-8(12)3-13-5-15-11/h3,5-7,9H,2,4H2,1H3,(H,14,16,17)/t7-,9+/m1/s1. The highest BCUT2D eigenvalue weighted by Crippen LogP contribution is 2.37. The molecule has 0 aliphatic carbocycles. The van der Waals surface area contributed by atoms with Gasteiger partial charge in [0.05, 0.1) is 16.6 Å². The Morgan fingerprint density at radius 2 is 2.32 bits per heavy atom. The molecule has 100 valence electrons. The Balaban J connectivity index is 1.96. The molecule has 0 amide bonds. The molecular weight excluding hydrogens is 312 g/mol. The van der Waals surface area contributed by atoms with Gasteiger partial charge in [0.25, 0.3) is 0 Å². The molecule has 1 aliphatic heterocycles. The first-order valence-electron chi connectivity index (χ1n) is 5.89. The van der Waals surface area contributed by atoms with Gasteiger partial charge < -0.3 is 9.64 Å². The molecule has 0 bridgehead atoms. The number of aromatic amines is 1. The predicted molar refractivity (Wildman–Crippen MR) is 71.6 cm³/mol. The molecule has 0 spiro atoms. The minimum atomic E-state index is 0.0821. The first kappa shape index (κ1) is 12.5. The summed E-state index contributed by atoms with van der Waals surface area (Å²) in [6, 6.07) is 0.0821. The third kappa shape index (κ3) is 2.33. The van der Waals surface area contributed by atoms with Crippen molar-refractivity contribution in [1.29, 1.82) is 0 Å². The molecule has 0 radical (unpaired) electrons. The van der Waals surface area contributed by atoms with E-state index in [0.29, 0.717) is 0 Å². The van der Waals surface area contributed by atoms with Crippen molar-refractivity contribution in [2.45, 2.75) is 18.6 Å². The zero-order chi connectivity index (χ0) is 13.2. The van der Waals surface area contributed by atoms with Gasteiger partial charge in [-0.1, -0.05) is 0 Å². The first-order valence-corrected chi connectivity index (χ1v) is 6.69. The van der Waals surface area contributed by atoms with Crippen molar-refractivity contribution in [2.24, 2.45) is 0 Å². The number of aromatic nitrogens is 5. The Morgan fingerprint density at radius 3 is 3.00 bits per heavy atom. The van der Waals surface area contributed by atoms with E-state index in [1.165, 1.54) is 12.7 Å². The number of anilines is 1. The molecular formula is C11H13BrN6O. The van der Waals surface area contributed by atoms with Gasteiger partial charge in [-0.3, -0.25) is 5.10 Å². The van der Waals surface area contributed by atoms with Crippen LogP contribution in [0.5, 0.6) is 0 Å². The van der Waals surface area contributed by atoms with Gasteiger partial charge in [-0.05, 0) is 15.9 Å². The Morgan fingerprint density at radius 1 is 1.42 bits per heavy atom. The zero-order valence-corrected chi connectivity index (χ0v) is 11.9. The summed E-state index contributed by atoms with van der Waals surface area (Å²) in [6.07, 6.45) is 5.79. The summed E-state index contributed by atoms with van der Waals surface area (Å²) >= 11 is 3.49. The van der Waals surface area contributed by atoms with E-state index in [1.807, 2.05) is 0 Å². The summed E-state index contributed by atoms with van der Waals surface area (Å²) in [7, 11) is 1.72. The second-order valence-corrected chi connectivity index (χ2v) is 5.18. The molecule has 8 heteroatoms. The summed E-state index contributed by atoms with van der Waals surface area (Å²) in [4.78, 5) is 14.7. The van der Waals surface area contributed by atoms with E-state index in [2.05, 4.69) is 46.0 Å². The fraction of sp³-hybridized carbons (Fsp3) is 0.455. The zero-order valence-electron chi connectivity index (χ0n) is 10.3. The van der Waals surface area contributed by atoms with Crippen molar-refractivity contribution in [2.75, 3.05) is 18.6 Å². The van der Waals surface area contributed by atoms with E-state index < -0.39 is 0 Å². The van der Waals surface area contributed by atoms with Crippen molar-refractivity contribution in [3.8, 4) is 0 Å². The Hall–Kier alpha value is -1.54. The number of halogens is 1. The third-order valence-corrected chi connectivity index (χ3v) is 3.82. The third-order valence-electron chi connectivity index (χ3n) is 3.27. The number of H-pyrrole nitrogens is 1. The fourth-order valence-corrected chi connectivity index (χ4v) is 2.80. The molecule has 1 saturated heterocycles. The van der Waals surface area contributed by atoms with Crippen LogP contribution in [0.25, 0.3) is 0 Å². The molecule has 1 fully saturated rings. The number of nitrogens with zero attached hydrogens (tertiary/aromatic N) is 5. The minimum Gasteiger partial charge on any atom is -0.380 e. The summed E-state index contributed by atoms with van der Waals surface area (Å²) in [5.41, 5.74) is 0. The van der Waals surface area contributed by atoms with Gasteiger partial charge >= 0.3 is 0 Å². The second kappa shape index (κ2) is 5.22. The van der Waals surface area contributed by atoms with Crippen LogP contribution in [0.15, 0.2) is 23.3 Å². The van der Waals surface area contributed by atoms with Crippen LogP contribution in [0.4, 0.5) is 5.82 Å². The van der Waals surface area contributed by atoms with E-state index in [1.54, 1.807) is 13.3 Å². The monoisotopic (exact) mass is 324 g/mol. The lowest BCUT2D eigenvalue weighted by Crippen LogP contribution is -2.26. The molecule has 19 heavy (non-hydrogen) atoms. The van der Waals surface area contributed by atoms with Crippen molar-refractivity contribution in [1.82, 2.24) is 25.1 Å². The quantitative estimate of drug-likeness (QED) is 0.917. The lowest BCUT2D eigenvalue weighted by atomic mass is 10.2. The van der Waals surface area contributed by atoms with Crippen molar-refractivity contribution < 1.29 is 4.74 Å². The highest BCUT2D eigenvalue weighted by Gasteiger charge is 2.36. The molecule has 0 saturated carbocycles. The van der Waals surface area contributed by atoms with E-state index in [4.69, 9.17) is 4.74 Å². The maximum atomic E-state index is 5.47. The Kier molecular flexibility index (Phi) is 3.43. The van der Waals surface area contributed by atoms with E-state index in [0.717, 1.165) is 29.1 Å². The van der Waals surface area contributed by atoms with Crippen LogP contribution in [-0.4, -0.2) is 44.9 Å². The molecule has 2 aromatic heterocycles. The number of hydrogen-bond donors (Lipinski definition) is 1. The number of methoxy groups -OCH3 is 1. The average molecular weight is 325 g/mol. The Bertz CT molecular complexity index is 548. The normalized spacial score (nSPS) is 22.9. The molecule has 2 aromatic rings. The summed E-state index contributed by atoms with van der Waals surface area (Å²) in [5, 5.41) is 6.85. The smallest absolute Gasteiger partial charge is 0.147 e. The number of ether oxygens (including phenoxy) is 1. The first-order chi connectivity index (χ1) is 9.29. The van der Waals surface area contributed by atoms with Gasteiger partial charge in [-0.25, -0.2) is 15.0 Å². The average Bonchev–Trinajstić information content (AvgIpc) is 3.08. The predicted octanol–water partition coefficient (Wildman–Crippen LogP) is 1.32. The minimum absolute atomic E-state index is 0.0821. The lowest BCUT2D eigenvalue weighted by molar-refractivity contribution is 0.118. The molecule has 2 atom stereocenters. The van der Waals surface area contributed by atoms with Crippen molar-refractivity contribution in [3.63, 3.8) is 0 Å². The molecule has 0 unspecified atom stereocenters. The topological polar surface area (TPSA) is 79.8 Å². The van der Waals surface area contributed by atoms with Crippen LogP contribution >= 0.6 is 15.9 Å². The van der Waals surface area contributed by atoms with Crippen LogP contribution < -0.4 is 4.90 Å².